The lowest BCUT2D eigenvalue weighted by atomic mass is 10.1. The van der Waals surface area contributed by atoms with Gasteiger partial charge in [0.2, 0.25) is 0 Å². The van der Waals surface area contributed by atoms with Crippen LogP contribution in [-0.4, -0.2) is 5.78 Å². The summed E-state index contributed by atoms with van der Waals surface area (Å²) >= 11 is 0. The first-order valence-electron chi connectivity index (χ1n) is 5.12. The lowest BCUT2D eigenvalue weighted by Crippen LogP contribution is -2.03. The van der Waals surface area contributed by atoms with Crippen molar-refractivity contribution in [2.45, 2.75) is 19.8 Å². The van der Waals surface area contributed by atoms with E-state index in [0.29, 0.717) is 11.6 Å². The van der Waals surface area contributed by atoms with Crippen molar-refractivity contribution in [2.24, 2.45) is 11.8 Å². The Morgan fingerprint density at radius 2 is 2.07 bits per heavy atom. The zero-order valence-corrected chi connectivity index (χ0v) is 8.36. The summed E-state index contributed by atoms with van der Waals surface area (Å²) in [4.78, 5) is 11.8. The van der Waals surface area contributed by atoms with Gasteiger partial charge in [-0.25, -0.2) is 0 Å². The van der Waals surface area contributed by atoms with Gasteiger partial charge in [-0.2, -0.15) is 0 Å². The molecule has 0 bridgehead atoms. The number of Topliss-reactive ketones (excluding diaryl/α,β-unsaturated/α-hetero) is 1. The lowest BCUT2D eigenvalue weighted by Gasteiger charge is -1.99. The first-order valence-corrected chi connectivity index (χ1v) is 5.12. The van der Waals surface area contributed by atoms with Gasteiger partial charge in [0.15, 0.2) is 5.78 Å². The van der Waals surface area contributed by atoms with Gasteiger partial charge in [0.05, 0.1) is 0 Å². The molecule has 2 atom stereocenters. The second kappa shape index (κ2) is 3.45. The molecule has 2 rings (SSSR count). The molecular formula is C12H15NO. The van der Waals surface area contributed by atoms with Gasteiger partial charge in [-0.05, 0) is 36.6 Å². The van der Waals surface area contributed by atoms with Crippen molar-refractivity contribution in [3.05, 3.63) is 29.8 Å². The summed E-state index contributed by atoms with van der Waals surface area (Å²) in [6.45, 7) is 2.14. The molecule has 1 aliphatic rings. The second-order valence-corrected chi connectivity index (χ2v) is 4.00. The van der Waals surface area contributed by atoms with E-state index in [1.54, 1.807) is 12.1 Å². The van der Waals surface area contributed by atoms with Crippen LogP contribution in [0.15, 0.2) is 24.3 Å². The third kappa shape index (κ3) is 1.65. The van der Waals surface area contributed by atoms with E-state index in [9.17, 15) is 4.79 Å². The Bertz CT molecular complexity index is 342. The van der Waals surface area contributed by atoms with Gasteiger partial charge in [-0.15, -0.1) is 0 Å². The summed E-state index contributed by atoms with van der Waals surface area (Å²) in [5.74, 6) is 1.19. The van der Waals surface area contributed by atoms with Crippen molar-refractivity contribution in [2.75, 3.05) is 5.73 Å². The maximum Gasteiger partial charge on any atom is 0.166 e. The minimum absolute atomic E-state index is 0.281. The standard InChI is InChI=1S/C12H15NO/c1-2-8-7-11(8)12(14)9-3-5-10(13)6-4-9/h3-6,8,11H,2,7,13H2,1H3. The van der Waals surface area contributed by atoms with E-state index in [1.807, 2.05) is 12.1 Å². The Kier molecular flexibility index (Phi) is 2.28. The average Bonchev–Trinajstić information content (AvgIpc) is 2.97. The summed E-state index contributed by atoms with van der Waals surface area (Å²) < 4.78 is 0. The van der Waals surface area contributed by atoms with Crippen molar-refractivity contribution < 1.29 is 4.79 Å². The van der Waals surface area contributed by atoms with Crippen molar-refractivity contribution >= 4 is 11.5 Å². The van der Waals surface area contributed by atoms with Crippen molar-refractivity contribution in [3.63, 3.8) is 0 Å². The molecule has 1 saturated carbocycles. The largest absolute Gasteiger partial charge is 0.399 e. The van der Waals surface area contributed by atoms with Crippen LogP contribution in [0.2, 0.25) is 0 Å². The molecule has 0 spiro atoms. The quantitative estimate of drug-likeness (QED) is 0.586. The molecule has 0 heterocycles. The fourth-order valence-corrected chi connectivity index (χ4v) is 1.88. The van der Waals surface area contributed by atoms with Gasteiger partial charge in [-0.3, -0.25) is 4.79 Å². The number of anilines is 1. The fourth-order valence-electron chi connectivity index (χ4n) is 1.88. The van der Waals surface area contributed by atoms with E-state index >= 15 is 0 Å². The van der Waals surface area contributed by atoms with Gasteiger partial charge in [0, 0.05) is 17.2 Å². The topological polar surface area (TPSA) is 43.1 Å². The number of carbonyl (C=O) groups is 1. The van der Waals surface area contributed by atoms with Crippen LogP contribution in [0.1, 0.15) is 30.1 Å². The fraction of sp³-hybridized carbons (Fsp3) is 0.417. The molecule has 2 N–H and O–H groups in total. The van der Waals surface area contributed by atoms with Crippen LogP contribution < -0.4 is 5.73 Å². The van der Waals surface area contributed by atoms with Crippen LogP contribution in [0, 0.1) is 11.8 Å². The van der Waals surface area contributed by atoms with Crippen molar-refractivity contribution in [1.29, 1.82) is 0 Å². The Labute approximate surface area is 84.1 Å². The first-order chi connectivity index (χ1) is 6.72. The molecule has 2 nitrogen and oxygen atoms in total. The SMILES string of the molecule is CCC1CC1C(=O)c1ccc(N)cc1. The molecule has 2 unspecified atom stereocenters. The van der Waals surface area contributed by atoms with Gasteiger partial charge >= 0.3 is 0 Å². The highest BCUT2D eigenvalue weighted by Gasteiger charge is 2.41. The molecule has 1 aliphatic carbocycles. The van der Waals surface area contributed by atoms with Gasteiger partial charge in [0.25, 0.3) is 0 Å². The zero-order valence-electron chi connectivity index (χ0n) is 8.36. The van der Waals surface area contributed by atoms with Crippen LogP contribution in [0.4, 0.5) is 5.69 Å². The number of carbonyl (C=O) groups excluding carboxylic acids is 1. The molecule has 0 aromatic heterocycles. The van der Waals surface area contributed by atoms with E-state index in [0.717, 1.165) is 18.4 Å². The second-order valence-electron chi connectivity index (χ2n) is 4.00. The van der Waals surface area contributed by atoms with Gasteiger partial charge in [0.1, 0.15) is 0 Å². The van der Waals surface area contributed by atoms with Crippen molar-refractivity contribution in [1.82, 2.24) is 0 Å². The summed E-state index contributed by atoms with van der Waals surface area (Å²) in [6.07, 6.45) is 2.19. The summed E-state index contributed by atoms with van der Waals surface area (Å²) in [5, 5.41) is 0. The smallest absolute Gasteiger partial charge is 0.166 e. The number of rotatable bonds is 3. The predicted molar refractivity (Wildman–Crippen MR) is 57.1 cm³/mol. The molecule has 1 fully saturated rings. The molecule has 2 heteroatoms. The van der Waals surface area contributed by atoms with Crippen molar-refractivity contribution in [3.8, 4) is 0 Å². The minimum Gasteiger partial charge on any atom is -0.399 e. The lowest BCUT2D eigenvalue weighted by molar-refractivity contribution is 0.0961. The molecule has 0 aliphatic heterocycles. The molecular weight excluding hydrogens is 174 g/mol. The normalized spacial score (nSPS) is 24.6. The predicted octanol–water partition coefficient (Wildman–Crippen LogP) is 2.50. The van der Waals surface area contributed by atoms with Crippen LogP contribution in [0.5, 0.6) is 0 Å². The molecule has 1 aromatic carbocycles. The molecule has 0 saturated heterocycles. The Hall–Kier alpha value is -1.31. The number of ketones is 1. The number of nitrogen functional groups attached to an aromatic ring is 1. The summed E-state index contributed by atoms with van der Waals surface area (Å²) in [6, 6.07) is 7.22. The minimum atomic E-state index is 0.281. The van der Waals surface area contributed by atoms with E-state index in [-0.39, 0.29) is 11.7 Å². The van der Waals surface area contributed by atoms with Crippen LogP contribution >= 0.6 is 0 Å². The molecule has 74 valence electrons. The summed E-state index contributed by atoms with van der Waals surface area (Å²) in [7, 11) is 0. The van der Waals surface area contributed by atoms with Crippen LogP contribution in [0.3, 0.4) is 0 Å². The molecule has 1 aromatic rings. The van der Waals surface area contributed by atoms with E-state index in [2.05, 4.69) is 6.92 Å². The van der Waals surface area contributed by atoms with E-state index in [1.165, 1.54) is 0 Å². The van der Waals surface area contributed by atoms with E-state index < -0.39 is 0 Å². The Morgan fingerprint density at radius 3 is 2.57 bits per heavy atom. The number of hydrogen-bond donors (Lipinski definition) is 1. The zero-order chi connectivity index (χ0) is 10.1. The van der Waals surface area contributed by atoms with Crippen LogP contribution in [-0.2, 0) is 0 Å². The first kappa shape index (κ1) is 9.25. The van der Waals surface area contributed by atoms with Crippen LogP contribution in [0.25, 0.3) is 0 Å². The maximum absolute atomic E-state index is 11.8. The molecule has 0 radical (unpaired) electrons. The van der Waals surface area contributed by atoms with Gasteiger partial charge in [-0.1, -0.05) is 13.3 Å². The monoisotopic (exact) mass is 189 g/mol. The Morgan fingerprint density at radius 1 is 1.43 bits per heavy atom. The number of benzene rings is 1. The third-order valence-corrected chi connectivity index (χ3v) is 2.98. The molecule has 14 heavy (non-hydrogen) atoms. The highest BCUT2D eigenvalue weighted by molar-refractivity contribution is 5.99. The highest BCUT2D eigenvalue weighted by Crippen LogP contribution is 2.43. The maximum atomic E-state index is 11.8. The molecule has 0 amide bonds. The highest BCUT2D eigenvalue weighted by atomic mass is 16.1. The van der Waals surface area contributed by atoms with Gasteiger partial charge < -0.3 is 5.73 Å². The number of hydrogen-bond acceptors (Lipinski definition) is 2. The average molecular weight is 189 g/mol. The number of nitrogens with two attached hydrogens (primary N) is 1. The Balaban J connectivity index is 2.09. The van der Waals surface area contributed by atoms with E-state index in [4.69, 9.17) is 5.73 Å². The third-order valence-electron chi connectivity index (χ3n) is 2.98. The summed E-state index contributed by atoms with van der Waals surface area (Å²) in [5.41, 5.74) is 7.08.